The molecule has 1 aromatic carbocycles. The van der Waals surface area contributed by atoms with Crippen LogP contribution in [0.2, 0.25) is 0 Å². The molecule has 31 heavy (non-hydrogen) atoms. The number of oxazole rings is 1. The van der Waals surface area contributed by atoms with Crippen molar-refractivity contribution in [3.8, 4) is 5.75 Å². The zero-order valence-corrected chi connectivity index (χ0v) is 17.5. The lowest BCUT2D eigenvalue weighted by Gasteiger charge is -2.15. The molecule has 2 atom stereocenters. The van der Waals surface area contributed by atoms with Gasteiger partial charge < -0.3 is 18.8 Å². The minimum Gasteiger partial charge on any atom is -0.493 e. The fraction of sp³-hybridized carbons (Fsp3) is 0.280. The zero-order valence-electron chi connectivity index (χ0n) is 17.5. The smallest absolute Gasteiger partial charge is 0.327 e. The molecule has 2 heterocycles. The summed E-state index contributed by atoms with van der Waals surface area (Å²) in [5.74, 6) is 1.69. The minimum absolute atomic E-state index is 0.201. The average molecular weight is 418 g/mol. The minimum atomic E-state index is -0.849. The van der Waals surface area contributed by atoms with Gasteiger partial charge in [-0.15, -0.1) is 0 Å². The summed E-state index contributed by atoms with van der Waals surface area (Å²) in [6.07, 6.45) is 13.8. The maximum absolute atomic E-state index is 11.6. The van der Waals surface area contributed by atoms with Crippen molar-refractivity contribution in [2.45, 2.75) is 38.1 Å². The van der Waals surface area contributed by atoms with Gasteiger partial charge in [-0.2, -0.15) is 0 Å². The van der Waals surface area contributed by atoms with E-state index in [0.29, 0.717) is 19.4 Å². The highest BCUT2D eigenvalue weighted by Crippen LogP contribution is 2.26. The summed E-state index contributed by atoms with van der Waals surface area (Å²) in [5, 5.41) is 9.53. The normalized spacial score (nSPS) is 16.4. The summed E-state index contributed by atoms with van der Waals surface area (Å²) in [5.41, 5.74) is 1.87. The van der Waals surface area contributed by atoms with E-state index in [9.17, 15) is 9.90 Å². The van der Waals surface area contributed by atoms with Crippen molar-refractivity contribution in [3.05, 3.63) is 96.0 Å². The van der Waals surface area contributed by atoms with Crippen LogP contribution in [0.25, 0.3) is 0 Å². The average Bonchev–Trinajstić information content (AvgIpc) is 3.44. The first-order valence-electron chi connectivity index (χ1n) is 10.5. The molecule has 1 aliphatic carbocycles. The van der Waals surface area contributed by atoms with Crippen LogP contribution < -0.4 is 4.74 Å². The third kappa shape index (κ3) is 5.15. The first-order chi connectivity index (χ1) is 15.1. The number of hydrogen-bond acceptors (Lipinski definition) is 4. The van der Waals surface area contributed by atoms with Crippen molar-refractivity contribution in [1.82, 2.24) is 9.55 Å². The SMILES string of the molecule is Cc1oc(C2C=CC=CC2)nc1CCOc1ccc(C[C@@H](C(=O)O)n2cccc2)cc1. The molecule has 4 rings (SSSR count). The zero-order chi connectivity index (χ0) is 21.6. The van der Waals surface area contributed by atoms with E-state index < -0.39 is 12.0 Å². The Kier molecular flexibility index (Phi) is 6.36. The molecule has 0 fully saturated rings. The number of aliphatic carboxylic acids is 1. The highest BCUT2D eigenvalue weighted by atomic mass is 16.5. The summed E-state index contributed by atoms with van der Waals surface area (Å²) in [7, 11) is 0. The van der Waals surface area contributed by atoms with Crippen molar-refractivity contribution < 1.29 is 19.1 Å². The first-order valence-corrected chi connectivity index (χ1v) is 10.5. The van der Waals surface area contributed by atoms with Crippen molar-refractivity contribution in [1.29, 1.82) is 0 Å². The number of rotatable bonds is 9. The monoisotopic (exact) mass is 418 g/mol. The molecule has 0 amide bonds. The van der Waals surface area contributed by atoms with Gasteiger partial charge in [0, 0.05) is 25.2 Å². The lowest BCUT2D eigenvalue weighted by molar-refractivity contribution is -0.140. The fourth-order valence-corrected chi connectivity index (χ4v) is 3.69. The van der Waals surface area contributed by atoms with Crippen molar-refractivity contribution >= 4 is 5.97 Å². The number of aryl methyl sites for hydroxylation is 1. The Morgan fingerprint density at radius 2 is 2.03 bits per heavy atom. The number of allylic oxidation sites excluding steroid dienone is 4. The Morgan fingerprint density at radius 1 is 1.26 bits per heavy atom. The third-order valence-corrected chi connectivity index (χ3v) is 5.44. The Morgan fingerprint density at radius 3 is 2.71 bits per heavy atom. The number of carboxylic acid groups (broad SMARTS) is 1. The van der Waals surface area contributed by atoms with Gasteiger partial charge in [0.15, 0.2) is 0 Å². The number of benzene rings is 1. The maximum atomic E-state index is 11.6. The van der Waals surface area contributed by atoms with Crippen LogP contribution in [0.1, 0.15) is 41.3 Å². The van der Waals surface area contributed by atoms with Crippen LogP contribution in [-0.2, 0) is 17.6 Å². The highest BCUT2D eigenvalue weighted by Gasteiger charge is 2.19. The van der Waals surface area contributed by atoms with Crippen LogP contribution in [0, 0.1) is 6.92 Å². The molecule has 0 saturated carbocycles. The molecule has 1 unspecified atom stereocenters. The Labute approximate surface area is 181 Å². The molecule has 0 aliphatic heterocycles. The maximum Gasteiger partial charge on any atom is 0.327 e. The summed E-state index contributed by atoms with van der Waals surface area (Å²) in [6, 6.07) is 10.6. The van der Waals surface area contributed by atoms with Crippen LogP contribution in [0.4, 0.5) is 0 Å². The second kappa shape index (κ2) is 9.51. The molecular weight excluding hydrogens is 392 g/mol. The number of hydrogen-bond donors (Lipinski definition) is 1. The number of carboxylic acids is 1. The molecule has 6 heteroatoms. The second-order valence-electron chi connectivity index (χ2n) is 7.64. The standard InChI is InChI=1S/C25H26N2O4/c1-18-22(26-24(31-18)20-7-3-2-4-8-20)13-16-30-21-11-9-19(10-12-21)17-23(25(28)29)27-14-5-6-15-27/h2-7,9-12,14-15,20,23H,8,13,16-17H2,1H3,(H,28,29)/t20?,23-/m0/s1. The number of ether oxygens (including phenoxy) is 1. The van der Waals surface area contributed by atoms with E-state index in [1.54, 1.807) is 17.0 Å². The second-order valence-corrected chi connectivity index (χ2v) is 7.64. The summed E-state index contributed by atoms with van der Waals surface area (Å²) >= 11 is 0. The van der Waals surface area contributed by atoms with Gasteiger partial charge in [-0.3, -0.25) is 0 Å². The van der Waals surface area contributed by atoms with E-state index in [2.05, 4.69) is 17.1 Å². The van der Waals surface area contributed by atoms with Crippen LogP contribution in [0.3, 0.4) is 0 Å². The van der Waals surface area contributed by atoms with Crippen LogP contribution in [0.15, 0.2) is 77.5 Å². The Bertz CT molecular complexity index is 1060. The van der Waals surface area contributed by atoms with Crippen molar-refractivity contribution in [2.24, 2.45) is 0 Å². The molecular formula is C25H26N2O4. The van der Waals surface area contributed by atoms with Gasteiger partial charge in [0.1, 0.15) is 17.6 Å². The molecule has 0 bridgehead atoms. The third-order valence-electron chi connectivity index (χ3n) is 5.44. The molecule has 6 nitrogen and oxygen atoms in total. The van der Waals surface area contributed by atoms with Crippen LogP contribution in [0.5, 0.6) is 5.75 Å². The molecule has 160 valence electrons. The van der Waals surface area contributed by atoms with Gasteiger partial charge in [-0.1, -0.05) is 36.4 Å². The van der Waals surface area contributed by atoms with Crippen LogP contribution >= 0.6 is 0 Å². The van der Waals surface area contributed by atoms with E-state index >= 15 is 0 Å². The molecule has 0 spiro atoms. The quantitative estimate of drug-likeness (QED) is 0.536. The van der Waals surface area contributed by atoms with Crippen molar-refractivity contribution in [3.63, 3.8) is 0 Å². The number of nitrogens with zero attached hydrogens (tertiary/aromatic N) is 2. The van der Waals surface area contributed by atoms with Gasteiger partial charge in [-0.05, 0) is 43.2 Å². The van der Waals surface area contributed by atoms with Gasteiger partial charge in [0.2, 0.25) is 5.89 Å². The number of carbonyl (C=O) groups is 1. The van der Waals surface area contributed by atoms with E-state index in [0.717, 1.165) is 35.1 Å². The number of aromatic nitrogens is 2. The molecule has 3 aromatic rings. The molecule has 0 saturated heterocycles. The van der Waals surface area contributed by atoms with E-state index in [1.165, 1.54) is 0 Å². The molecule has 1 aliphatic rings. The van der Waals surface area contributed by atoms with Crippen molar-refractivity contribution in [2.75, 3.05) is 6.61 Å². The predicted molar refractivity (Wildman–Crippen MR) is 117 cm³/mol. The topological polar surface area (TPSA) is 77.5 Å². The fourth-order valence-electron chi connectivity index (χ4n) is 3.69. The van der Waals surface area contributed by atoms with Gasteiger partial charge in [0.25, 0.3) is 0 Å². The summed E-state index contributed by atoms with van der Waals surface area (Å²) < 4.78 is 13.4. The Balaban J connectivity index is 1.31. The van der Waals surface area contributed by atoms with E-state index in [1.807, 2.05) is 55.5 Å². The Hall–Kier alpha value is -3.54. The summed E-state index contributed by atoms with van der Waals surface area (Å²) in [6.45, 7) is 2.43. The van der Waals surface area contributed by atoms with E-state index in [4.69, 9.17) is 9.15 Å². The summed E-state index contributed by atoms with van der Waals surface area (Å²) in [4.78, 5) is 16.3. The largest absolute Gasteiger partial charge is 0.493 e. The molecule has 0 radical (unpaired) electrons. The van der Waals surface area contributed by atoms with Crippen LogP contribution in [-0.4, -0.2) is 27.2 Å². The highest BCUT2D eigenvalue weighted by molar-refractivity contribution is 5.72. The first kappa shape index (κ1) is 20.7. The van der Waals surface area contributed by atoms with Gasteiger partial charge >= 0.3 is 5.97 Å². The molecule has 2 aromatic heterocycles. The van der Waals surface area contributed by atoms with Gasteiger partial charge in [0.05, 0.1) is 18.2 Å². The predicted octanol–water partition coefficient (Wildman–Crippen LogP) is 4.87. The lowest BCUT2D eigenvalue weighted by atomic mass is 10.0. The van der Waals surface area contributed by atoms with Gasteiger partial charge in [-0.25, -0.2) is 9.78 Å². The van der Waals surface area contributed by atoms with E-state index in [-0.39, 0.29) is 5.92 Å². The molecule has 1 N–H and O–H groups in total. The lowest BCUT2D eigenvalue weighted by Crippen LogP contribution is -2.20.